The Balaban J connectivity index is 1.48. The molecule has 0 amide bonds. The molecule has 1 aliphatic rings. The van der Waals surface area contributed by atoms with Crippen molar-refractivity contribution in [3.63, 3.8) is 0 Å². The summed E-state index contributed by atoms with van der Waals surface area (Å²) in [6, 6.07) is 15.7. The Kier molecular flexibility index (Phi) is 5.03. The zero-order valence-corrected chi connectivity index (χ0v) is 13.5. The highest BCUT2D eigenvalue weighted by molar-refractivity contribution is 5.51. The highest BCUT2D eigenvalue weighted by atomic mass is 16.5. The van der Waals surface area contributed by atoms with E-state index in [-0.39, 0.29) is 0 Å². The van der Waals surface area contributed by atoms with Gasteiger partial charge in [-0.25, -0.2) is 0 Å². The van der Waals surface area contributed by atoms with E-state index >= 15 is 0 Å². The van der Waals surface area contributed by atoms with E-state index in [1.807, 2.05) is 30.3 Å². The number of anilines is 1. The van der Waals surface area contributed by atoms with Crippen molar-refractivity contribution < 1.29 is 9.84 Å². The van der Waals surface area contributed by atoms with Crippen LogP contribution >= 0.6 is 0 Å². The van der Waals surface area contributed by atoms with Crippen molar-refractivity contribution >= 4 is 5.69 Å². The second-order valence-electron chi connectivity index (χ2n) is 6.10. The van der Waals surface area contributed by atoms with Gasteiger partial charge in [-0.2, -0.15) is 0 Å². The zero-order valence-electron chi connectivity index (χ0n) is 13.5. The molecule has 0 unspecified atom stereocenters. The summed E-state index contributed by atoms with van der Waals surface area (Å²) in [4.78, 5) is 2.42. The fourth-order valence-electron chi connectivity index (χ4n) is 3.13. The number of aromatic hydroxyl groups is 1. The van der Waals surface area contributed by atoms with E-state index in [1.165, 1.54) is 12.1 Å². The van der Waals surface area contributed by atoms with E-state index in [2.05, 4.69) is 22.3 Å². The molecule has 0 radical (unpaired) electrons. The lowest BCUT2D eigenvalue weighted by Gasteiger charge is -2.19. The lowest BCUT2D eigenvalue weighted by Crippen LogP contribution is -2.26. The van der Waals surface area contributed by atoms with Gasteiger partial charge in [-0.15, -0.1) is 0 Å². The van der Waals surface area contributed by atoms with E-state index in [0.29, 0.717) is 11.7 Å². The van der Waals surface area contributed by atoms with Gasteiger partial charge >= 0.3 is 0 Å². The number of hydrogen-bond donors (Lipinski definition) is 2. The third-order valence-corrected chi connectivity index (χ3v) is 4.38. The van der Waals surface area contributed by atoms with Gasteiger partial charge in [0.2, 0.25) is 0 Å². The van der Waals surface area contributed by atoms with Crippen LogP contribution in [0, 0.1) is 5.92 Å². The van der Waals surface area contributed by atoms with Gasteiger partial charge in [0.1, 0.15) is 11.5 Å². The summed E-state index contributed by atoms with van der Waals surface area (Å²) >= 11 is 0. The molecule has 0 spiro atoms. The largest absolute Gasteiger partial charge is 0.508 e. The van der Waals surface area contributed by atoms with Gasteiger partial charge in [0, 0.05) is 37.9 Å². The van der Waals surface area contributed by atoms with Crippen LogP contribution in [0.25, 0.3) is 0 Å². The summed E-state index contributed by atoms with van der Waals surface area (Å²) in [5.41, 5.74) is 2.35. The first-order valence-electron chi connectivity index (χ1n) is 8.12. The molecule has 0 aliphatic carbocycles. The highest BCUT2D eigenvalue weighted by Crippen LogP contribution is 2.26. The molecule has 1 heterocycles. The Morgan fingerprint density at radius 3 is 2.91 bits per heavy atom. The normalized spacial score (nSPS) is 17.4. The predicted octanol–water partition coefficient (Wildman–Crippen LogP) is 3.02. The second-order valence-corrected chi connectivity index (χ2v) is 6.10. The van der Waals surface area contributed by atoms with Crippen molar-refractivity contribution in [2.75, 3.05) is 31.6 Å². The molecule has 2 aromatic carbocycles. The molecule has 0 saturated carbocycles. The minimum absolute atomic E-state index is 0.328. The average Bonchev–Trinajstić information content (AvgIpc) is 3.04. The highest BCUT2D eigenvalue weighted by Gasteiger charge is 2.22. The fraction of sp³-hybridized carbons (Fsp3) is 0.368. The number of phenolic OH excluding ortho intramolecular Hbond substituents is 1. The lowest BCUT2D eigenvalue weighted by atomic mass is 10.1. The topological polar surface area (TPSA) is 44.7 Å². The van der Waals surface area contributed by atoms with Crippen molar-refractivity contribution in [2.24, 2.45) is 5.92 Å². The lowest BCUT2D eigenvalue weighted by molar-refractivity contribution is 0.415. The number of nitrogens with zero attached hydrogens (tertiary/aromatic N) is 1. The maximum Gasteiger partial charge on any atom is 0.120 e. The Morgan fingerprint density at radius 2 is 2.09 bits per heavy atom. The first-order chi connectivity index (χ1) is 11.2. The van der Waals surface area contributed by atoms with Crippen LogP contribution in [0.3, 0.4) is 0 Å². The molecular weight excluding hydrogens is 288 g/mol. The van der Waals surface area contributed by atoms with Crippen LogP contribution in [0.1, 0.15) is 12.0 Å². The van der Waals surface area contributed by atoms with Crippen molar-refractivity contribution in [2.45, 2.75) is 13.0 Å². The summed E-state index contributed by atoms with van der Waals surface area (Å²) in [5, 5.41) is 13.0. The quantitative estimate of drug-likeness (QED) is 0.860. The summed E-state index contributed by atoms with van der Waals surface area (Å²) in [6.45, 7) is 3.95. The fourth-order valence-corrected chi connectivity index (χ4v) is 3.13. The molecule has 0 bridgehead atoms. The van der Waals surface area contributed by atoms with Crippen LogP contribution in [0.15, 0.2) is 48.5 Å². The molecule has 2 aromatic rings. The molecule has 2 N–H and O–H groups in total. The summed E-state index contributed by atoms with van der Waals surface area (Å²) in [5.74, 6) is 1.89. The minimum atomic E-state index is 0.328. The number of rotatable bonds is 6. The third-order valence-electron chi connectivity index (χ3n) is 4.38. The molecule has 122 valence electrons. The van der Waals surface area contributed by atoms with Crippen LogP contribution in [0.2, 0.25) is 0 Å². The molecule has 0 aromatic heterocycles. The molecule has 1 aliphatic heterocycles. The standard InChI is InChI=1S/C19H24N2O2/c1-23-19-7-3-5-17(11-19)21-9-8-16(14-21)13-20-12-15-4-2-6-18(22)10-15/h2-7,10-11,16,20,22H,8-9,12-14H2,1H3/t16-/m1/s1. The summed E-state index contributed by atoms with van der Waals surface area (Å²) in [7, 11) is 1.71. The van der Waals surface area contributed by atoms with Crippen molar-refractivity contribution in [3.8, 4) is 11.5 Å². The first-order valence-corrected chi connectivity index (χ1v) is 8.12. The monoisotopic (exact) mass is 312 g/mol. The Labute approximate surface area is 137 Å². The van der Waals surface area contributed by atoms with E-state index < -0.39 is 0 Å². The summed E-state index contributed by atoms with van der Waals surface area (Å²) < 4.78 is 5.31. The van der Waals surface area contributed by atoms with Crippen LogP contribution in [0.4, 0.5) is 5.69 Å². The first kappa shape index (κ1) is 15.7. The third kappa shape index (κ3) is 4.17. The Hall–Kier alpha value is -2.20. The molecule has 1 fully saturated rings. The van der Waals surface area contributed by atoms with Crippen LogP contribution in [0.5, 0.6) is 11.5 Å². The molecule has 23 heavy (non-hydrogen) atoms. The molecule has 1 saturated heterocycles. The predicted molar refractivity (Wildman–Crippen MR) is 93.1 cm³/mol. The number of hydrogen-bond acceptors (Lipinski definition) is 4. The Morgan fingerprint density at radius 1 is 1.22 bits per heavy atom. The van der Waals surface area contributed by atoms with Crippen molar-refractivity contribution in [1.82, 2.24) is 5.32 Å². The maximum absolute atomic E-state index is 9.48. The number of benzene rings is 2. The van der Waals surface area contributed by atoms with Gasteiger partial charge in [0.05, 0.1) is 7.11 Å². The van der Waals surface area contributed by atoms with Crippen molar-refractivity contribution in [3.05, 3.63) is 54.1 Å². The minimum Gasteiger partial charge on any atom is -0.508 e. The Bertz CT molecular complexity index is 645. The molecule has 1 atom stereocenters. The van der Waals surface area contributed by atoms with E-state index in [0.717, 1.165) is 37.5 Å². The average molecular weight is 312 g/mol. The second kappa shape index (κ2) is 7.38. The van der Waals surface area contributed by atoms with Gasteiger partial charge in [-0.05, 0) is 42.2 Å². The van der Waals surface area contributed by atoms with E-state index in [9.17, 15) is 5.11 Å². The molecule has 3 rings (SSSR count). The van der Waals surface area contributed by atoms with Gasteiger partial charge in [-0.1, -0.05) is 18.2 Å². The van der Waals surface area contributed by atoms with E-state index in [4.69, 9.17) is 4.74 Å². The summed E-state index contributed by atoms with van der Waals surface area (Å²) in [6.07, 6.45) is 1.20. The molecular formula is C19H24N2O2. The van der Waals surface area contributed by atoms with Crippen LogP contribution in [-0.2, 0) is 6.54 Å². The van der Waals surface area contributed by atoms with E-state index in [1.54, 1.807) is 13.2 Å². The van der Waals surface area contributed by atoms with Gasteiger partial charge in [0.15, 0.2) is 0 Å². The number of nitrogens with one attached hydrogen (secondary N) is 1. The van der Waals surface area contributed by atoms with Crippen molar-refractivity contribution in [1.29, 1.82) is 0 Å². The maximum atomic E-state index is 9.48. The molecule has 4 heteroatoms. The van der Waals surface area contributed by atoms with Gasteiger partial charge < -0.3 is 20.1 Å². The molecule has 4 nitrogen and oxygen atoms in total. The van der Waals surface area contributed by atoms with Gasteiger partial charge in [0.25, 0.3) is 0 Å². The van der Waals surface area contributed by atoms with Crippen LogP contribution < -0.4 is 15.0 Å². The number of phenols is 1. The number of methoxy groups -OCH3 is 1. The van der Waals surface area contributed by atoms with Gasteiger partial charge in [-0.3, -0.25) is 0 Å². The SMILES string of the molecule is COc1cccc(N2CC[C@H](CNCc3cccc(O)c3)C2)c1. The zero-order chi connectivity index (χ0) is 16.1. The smallest absolute Gasteiger partial charge is 0.120 e. The van der Waals surface area contributed by atoms with Crippen LogP contribution in [-0.4, -0.2) is 31.9 Å². The number of ether oxygens (including phenoxy) is 1.